The molecule has 6 nitrogen and oxygen atoms in total. The fourth-order valence-electron chi connectivity index (χ4n) is 0.910. The summed E-state index contributed by atoms with van der Waals surface area (Å²) < 4.78 is 4.57. The number of thioether (sulfide) groups is 1. The Balaban J connectivity index is 4.01. The molecule has 0 bridgehead atoms. The lowest BCUT2D eigenvalue weighted by atomic mass is 10.2. The maximum Gasteiger partial charge on any atom is 0.321 e. The minimum absolute atomic E-state index is 0.278. The quantitative estimate of drug-likeness (QED) is 0.699. The molecule has 0 aliphatic heterocycles. The number of methoxy groups -OCH3 is 1. The van der Waals surface area contributed by atoms with E-state index in [9.17, 15) is 14.4 Å². The van der Waals surface area contributed by atoms with Crippen LogP contribution in [-0.4, -0.2) is 43.1 Å². The molecular formula is C10H18N2O4S. The van der Waals surface area contributed by atoms with E-state index in [1.807, 2.05) is 0 Å². The van der Waals surface area contributed by atoms with Gasteiger partial charge in [0.2, 0.25) is 5.91 Å². The molecule has 2 N–H and O–H groups in total. The third-order valence-electron chi connectivity index (χ3n) is 2.03. The number of carbonyl (C=O) groups excluding carboxylic acids is 3. The maximum atomic E-state index is 11.5. The molecule has 0 radical (unpaired) electrons. The van der Waals surface area contributed by atoms with Gasteiger partial charge < -0.3 is 10.1 Å². The van der Waals surface area contributed by atoms with Crippen LogP contribution < -0.4 is 10.6 Å². The van der Waals surface area contributed by atoms with Gasteiger partial charge in [-0.3, -0.25) is 14.9 Å². The molecule has 0 rings (SSSR count). The van der Waals surface area contributed by atoms with Crippen LogP contribution in [0.15, 0.2) is 0 Å². The van der Waals surface area contributed by atoms with Crippen LogP contribution >= 0.6 is 11.8 Å². The van der Waals surface area contributed by atoms with Gasteiger partial charge in [0.05, 0.1) is 18.3 Å². The van der Waals surface area contributed by atoms with Crippen molar-refractivity contribution in [2.24, 2.45) is 5.92 Å². The summed E-state index contributed by atoms with van der Waals surface area (Å²) in [6.07, 6.45) is 0. The lowest BCUT2D eigenvalue weighted by molar-refractivity contribution is -0.144. The average molecular weight is 262 g/mol. The molecule has 0 aliphatic rings. The van der Waals surface area contributed by atoms with Crippen LogP contribution in [0.25, 0.3) is 0 Å². The highest BCUT2D eigenvalue weighted by molar-refractivity contribution is 8.00. The highest BCUT2D eigenvalue weighted by Crippen LogP contribution is 2.15. The van der Waals surface area contributed by atoms with Crippen molar-refractivity contribution >= 4 is 29.7 Å². The SMILES string of the molecule is CNC(=O)NC(=O)C(C)SCC(C)C(=O)OC. The van der Waals surface area contributed by atoms with E-state index in [-0.39, 0.29) is 17.8 Å². The molecule has 0 aliphatic carbocycles. The number of carbonyl (C=O) groups is 3. The number of rotatable bonds is 5. The first-order chi connectivity index (χ1) is 7.92. The van der Waals surface area contributed by atoms with E-state index < -0.39 is 11.3 Å². The molecule has 98 valence electrons. The Morgan fingerprint density at radius 1 is 1.29 bits per heavy atom. The van der Waals surface area contributed by atoms with Crippen LogP contribution in [0.4, 0.5) is 4.79 Å². The van der Waals surface area contributed by atoms with Crippen molar-refractivity contribution in [1.82, 2.24) is 10.6 Å². The minimum Gasteiger partial charge on any atom is -0.469 e. The second kappa shape index (κ2) is 7.94. The highest BCUT2D eigenvalue weighted by Gasteiger charge is 2.19. The highest BCUT2D eigenvalue weighted by atomic mass is 32.2. The van der Waals surface area contributed by atoms with E-state index in [1.54, 1.807) is 13.8 Å². The molecule has 0 aromatic carbocycles. The van der Waals surface area contributed by atoms with Gasteiger partial charge in [-0.05, 0) is 6.92 Å². The molecule has 2 unspecified atom stereocenters. The Labute approximate surface area is 105 Å². The van der Waals surface area contributed by atoms with Crippen molar-refractivity contribution in [3.05, 3.63) is 0 Å². The molecule has 0 saturated heterocycles. The summed E-state index contributed by atoms with van der Waals surface area (Å²) in [4.78, 5) is 33.5. The predicted octanol–water partition coefficient (Wildman–Crippen LogP) is 0.373. The number of imide groups is 1. The normalized spacial score (nSPS) is 13.4. The molecular weight excluding hydrogens is 244 g/mol. The van der Waals surface area contributed by atoms with Crippen LogP contribution in [0.2, 0.25) is 0 Å². The van der Waals surface area contributed by atoms with Crippen molar-refractivity contribution in [2.45, 2.75) is 19.1 Å². The standard InChI is InChI=1S/C10H18N2O4S/c1-6(9(14)16-4)5-17-7(2)8(13)12-10(15)11-3/h6-7H,5H2,1-4H3,(H2,11,12,13,15). The molecule has 0 aromatic heterocycles. The monoisotopic (exact) mass is 262 g/mol. The fourth-order valence-corrected chi connectivity index (χ4v) is 1.83. The lowest BCUT2D eigenvalue weighted by Crippen LogP contribution is -2.41. The smallest absolute Gasteiger partial charge is 0.321 e. The minimum atomic E-state index is -0.538. The molecule has 0 fully saturated rings. The molecule has 2 atom stereocenters. The van der Waals surface area contributed by atoms with Gasteiger partial charge in [0.15, 0.2) is 0 Å². The largest absolute Gasteiger partial charge is 0.469 e. The Morgan fingerprint density at radius 3 is 2.35 bits per heavy atom. The first-order valence-electron chi connectivity index (χ1n) is 5.14. The molecule has 3 amide bonds. The zero-order chi connectivity index (χ0) is 13.4. The molecule has 17 heavy (non-hydrogen) atoms. The van der Waals surface area contributed by atoms with Gasteiger partial charge in [0.25, 0.3) is 0 Å². The van der Waals surface area contributed by atoms with E-state index in [0.29, 0.717) is 5.75 Å². The van der Waals surface area contributed by atoms with E-state index in [4.69, 9.17) is 0 Å². The second-order valence-corrected chi connectivity index (χ2v) is 4.84. The summed E-state index contributed by atoms with van der Waals surface area (Å²) in [5, 5.41) is 4.06. The zero-order valence-corrected chi connectivity index (χ0v) is 11.2. The number of hydrogen-bond acceptors (Lipinski definition) is 5. The van der Waals surface area contributed by atoms with E-state index in [0.717, 1.165) is 0 Å². The summed E-state index contributed by atoms with van der Waals surface area (Å²) in [5.74, 6) is -0.502. The number of hydrogen-bond donors (Lipinski definition) is 2. The van der Waals surface area contributed by atoms with Gasteiger partial charge in [0.1, 0.15) is 0 Å². The third-order valence-corrected chi connectivity index (χ3v) is 3.44. The summed E-state index contributed by atoms with van der Waals surface area (Å²) in [5.41, 5.74) is 0. The molecule has 0 saturated carbocycles. The second-order valence-electron chi connectivity index (χ2n) is 3.47. The topological polar surface area (TPSA) is 84.5 Å². The van der Waals surface area contributed by atoms with Crippen LogP contribution in [0.5, 0.6) is 0 Å². The fraction of sp³-hybridized carbons (Fsp3) is 0.700. The van der Waals surface area contributed by atoms with E-state index in [2.05, 4.69) is 15.4 Å². The van der Waals surface area contributed by atoms with Gasteiger partial charge in [0, 0.05) is 12.8 Å². The summed E-state index contributed by atoms with van der Waals surface area (Å²) >= 11 is 1.30. The third kappa shape index (κ3) is 6.15. The number of amides is 3. The van der Waals surface area contributed by atoms with E-state index >= 15 is 0 Å². The Morgan fingerprint density at radius 2 is 1.88 bits per heavy atom. The number of ether oxygens (including phenoxy) is 1. The lowest BCUT2D eigenvalue weighted by Gasteiger charge is -2.13. The van der Waals surface area contributed by atoms with Crippen LogP contribution in [0.1, 0.15) is 13.8 Å². The van der Waals surface area contributed by atoms with Crippen LogP contribution in [0.3, 0.4) is 0 Å². The summed E-state index contributed by atoms with van der Waals surface area (Å²) in [6, 6.07) is -0.538. The van der Waals surface area contributed by atoms with Gasteiger partial charge in [-0.1, -0.05) is 6.92 Å². The predicted molar refractivity (Wildman–Crippen MR) is 65.7 cm³/mol. The Hall–Kier alpha value is -1.24. The van der Waals surface area contributed by atoms with Crippen molar-refractivity contribution in [1.29, 1.82) is 0 Å². The average Bonchev–Trinajstić information content (AvgIpc) is 2.33. The van der Waals surface area contributed by atoms with Crippen LogP contribution in [-0.2, 0) is 14.3 Å². The first kappa shape index (κ1) is 15.8. The van der Waals surface area contributed by atoms with Gasteiger partial charge in [-0.25, -0.2) is 4.79 Å². The molecule has 0 heterocycles. The van der Waals surface area contributed by atoms with E-state index in [1.165, 1.54) is 25.9 Å². The van der Waals surface area contributed by atoms with Gasteiger partial charge >= 0.3 is 12.0 Å². The summed E-state index contributed by atoms with van der Waals surface area (Å²) in [7, 11) is 2.75. The first-order valence-corrected chi connectivity index (χ1v) is 6.19. The number of nitrogens with one attached hydrogen (secondary N) is 2. The van der Waals surface area contributed by atoms with Crippen molar-refractivity contribution in [2.75, 3.05) is 19.9 Å². The maximum absolute atomic E-state index is 11.5. The van der Waals surface area contributed by atoms with Crippen molar-refractivity contribution in [3.8, 4) is 0 Å². The van der Waals surface area contributed by atoms with Crippen molar-refractivity contribution in [3.63, 3.8) is 0 Å². The van der Waals surface area contributed by atoms with Crippen molar-refractivity contribution < 1.29 is 19.1 Å². The number of esters is 1. The number of urea groups is 1. The Kier molecular flexibility index (Phi) is 7.36. The zero-order valence-electron chi connectivity index (χ0n) is 10.4. The van der Waals surface area contributed by atoms with Crippen LogP contribution in [0, 0.1) is 5.92 Å². The molecule has 0 spiro atoms. The van der Waals surface area contributed by atoms with Gasteiger partial charge in [-0.2, -0.15) is 0 Å². The summed E-state index contributed by atoms with van der Waals surface area (Å²) in [6.45, 7) is 3.40. The Bertz CT molecular complexity index is 296. The molecule has 7 heteroatoms. The van der Waals surface area contributed by atoms with Gasteiger partial charge in [-0.15, -0.1) is 11.8 Å². The molecule has 0 aromatic rings.